The summed E-state index contributed by atoms with van der Waals surface area (Å²) in [6.45, 7) is 4.88. The van der Waals surface area contributed by atoms with E-state index in [1.165, 1.54) is 0 Å². The second-order valence-electron chi connectivity index (χ2n) is 8.72. The normalized spacial score (nSPS) is 16.7. The van der Waals surface area contributed by atoms with Gasteiger partial charge in [0.15, 0.2) is 0 Å². The first kappa shape index (κ1) is 21.0. The van der Waals surface area contributed by atoms with E-state index in [4.69, 9.17) is 14.4 Å². The number of aromatic carboxylic acids is 1. The number of aromatic nitrogens is 2. The topological polar surface area (TPSA) is 118 Å². The van der Waals surface area contributed by atoms with E-state index in [0.29, 0.717) is 36.1 Å². The summed E-state index contributed by atoms with van der Waals surface area (Å²) in [5.74, 6) is 0.591. The zero-order chi connectivity index (χ0) is 23.2. The fraction of sp³-hybridized carbons (Fsp3) is 0.333. The number of aryl methyl sites for hydroxylation is 2. The SMILES string of the molecule is Cc1cnc(N2CC(Oc3cc(C)on3)C2)c(C(=O)NC2(c3ccc(C(=O)O)cc3)CC2)c1. The fourth-order valence-corrected chi connectivity index (χ4v) is 4.06. The minimum Gasteiger partial charge on any atom is -0.478 e. The third-order valence-corrected chi connectivity index (χ3v) is 6.08. The highest BCUT2D eigenvalue weighted by Gasteiger charge is 2.46. The maximum atomic E-state index is 13.3. The lowest BCUT2D eigenvalue weighted by Gasteiger charge is -2.40. The van der Waals surface area contributed by atoms with Crippen LogP contribution in [0.15, 0.2) is 47.1 Å². The van der Waals surface area contributed by atoms with Crippen LogP contribution in [0.4, 0.5) is 5.82 Å². The number of carbonyl (C=O) groups is 2. The average molecular weight is 448 g/mol. The van der Waals surface area contributed by atoms with E-state index in [1.54, 1.807) is 43.5 Å². The van der Waals surface area contributed by atoms with Crippen molar-refractivity contribution in [3.8, 4) is 5.88 Å². The molecule has 0 spiro atoms. The van der Waals surface area contributed by atoms with Crippen LogP contribution in [0.1, 0.15) is 50.4 Å². The quantitative estimate of drug-likeness (QED) is 0.566. The molecule has 1 aliphatic heterocycles. The van der Waals surface area contributed by atoms with Crippen LogP contribution in [0, 0.1) is 13.8 Å². The first-order valence-electron chi connectivity index (χ1n) is 10.8. The highest BCUT2D eigenvalue weighted by molar-refractivity contribution is 6.00. The summed E-state index contributed by atoms with van der Waals surface area (Å²) in [6.07, 6.45) is 3.29. The number of carboxylic acids is 1. The van der Waals surface area contributed by atoms with Crippen LogP contribution in [0.2, 0.25) is 0 Å². The number of carboxylic acid groups (broad SMARTS) is 1. The van der Waals surface area contributed by atoms with Crippen LogP contribution in [0.3, 0.4) is 0 Å². The van der Waals surface area contributed by atoms with Gasteiger partial charge in [-0.15, -0.1) is 0 Å². The zero-order valence-corrected chi connectivity index (χ0v) is 18.4. The van der Waals surface area contributed by atoms with Crippen molar-refractivity contribution in [1.82, 2.24) is 15.5 Å². The summed E-state index contributed by atoms with van der Waals surface area (Å²) >= 11 is 0. The molecular weight excluding hydrogens is 424 g/mol. The minimum absolute atomic E-state index is 0.0592. The lowest BCUT2D eigenvalue weighted by atomic mass is 10.0. The first-order valence-corrected chi connectivity index (χ1v) is 10.8. The van der Waals surface area contributed by atoms with E-state index in [9.17, 15) is 9.59 Å². The fourth-order valence-electron chi connectivity index (χ4n) is 4.06. The number of nitrogens with one attached hydrogen (secondary N) is 1. The van der Waals surface area contributed by atoms with Gasteiger partial charge in [0.2, 0.25) is 0 Å². The average Bonchev–Trinajstić information content (AvgIpc) is 3.43. The van der Waals surface area contributed by atoms with Gasteiger partial charge in [-0.1, -0.05) is 12.1 Å². The number of hydrogen-bond donors (Lipinski definition) is 2. The van der Waals surface area contributed by atoms with Gasteiger partial charge in [-0.05, 0) is 61.2 Å². The number of hydrogen-bond acceptors (Lipinski definition) is 7. The summed E-state index contributed by atoms with van der Waals surface area (Å²) in [5, 5.41) is 16.2. The molecule has 3 heterocycles. The third kappa shape index (κ3) is 4.13. The number of amides is 1. The van der Waals surface area contributed by atoms with Crippen LogP contribution in [-0.4, -0.2) is 46.3 Å². The van der Waals surface area contributed by atoms with Gasteiger partial charge in [0.1, 0.15) is 17.7 Å². The molecule has 1 saturated carbocycles. The molecule has 33 heavy (non-hydrogen) atoms. The predicted molar refractivity (Wildman–Crippen MR) is 119 cm³/mol. The summed E-state index contributed by atoms with van der Waals surface area (Å²) in [4.78, 5) is 31.0. The molecule has 0 bridgehead atoms. The van der Waals surface area contributed by atoms with Gasteiger partial charge < -0.3 is 24.6 Å². The van der Waals surface area contributed by atoms with Crippen LogP contribution < -0.4 is 15.0 Å². The molecule has 170 valence electrons. The summed E-state index contributed by atoms with van der Waals surface area (Å²) < 4.78 is 10.8. The van der Waals surface area contributed by atoms with Crippen molar-refractivity contribution in [2.45, 2.75) is 38.3 Å². The molecule has 2 fully saturated rings. The van der Waals surface area contributed by atoms with Crippen molar-refractivity contribution in [1.29, 1.82) is 0 Å². The Morgan fingerprint density at radius 2 is 1.91 bits per heavy atom. The number of pyridine rings is 1. The molecule has 1 aromatic carbocycles. The van der Waals surface area contributed by atoms with Gasteiger partial charge in [-0.2, -0.15) is 0 Å². The maximum absolute atomic E-state index is 13.3. The molecule has 2 N–H and O–H groups in total. The molecule has 2 aromatic heterocycles. The molecule has 1 aliphatic carbocycles. The van der Waals surface area contributed by atoms with E-state index >= 15 is 0 Å². The molecule has 3 aromatic rings. The molecule has 0 unspecified atom stereocenters. The Labute approximate surface area is 190 Å². The van der Waals surface area contributed by atoms with E-state index in [1.807, 2.05) is 17.9 Å². The Morgan fingerprint density at radius 3 is 2.52 bits per heavy atom. The van der Waals surface area contributed by atoms with Gasteiger partial charge in [-0.3, -0.25) is 4.79 Å². The standard InChI is InChI=1S/C24H24N4O5/c1-14-9-19(21(25-11-14)28-12-18(13-28)32-20-10-15(2)33-27-20)22(29)26-24(7-8-24)17-5-3-16(4-6-17)23(30)31/h3-6,9-11,18H,7-8,12-13H2,1-2H3,(H,26,29)(H,30,31). The largest absolute Gasteiger partial charge is 0.478 e. The molecule has 9 heteroatoms. The van der Waals surface area contributed by atoms with Crippen LogP contribution in [0.5, 0.6) is 5.88 Å². The van der Waals surface area contributed by atoms with E-state index < -0.39 is 11.5 Å². The van der Waals surface area contributed by atoms with E-state index in [-0.39, 0.29) is 17.6 Å². The first-order chi connectivity index (χ1) is 15.8. The lowest BCUT2D eigenvalue weighted by molar-refractivity contribution is 0.0696. The molecule has 5 rings (SSSR count). The Bertz CT molecular complexity index is 1210. The number of anilines is 1. The summed E-state index contributed by atoms with van der Waals surface area (Å²) in [7, 11) is 0. The van der Waals surface area contributed by atoms with Crippen molar-refractivity contribution in [2.75, 3.05) is 18.0 Å². The van der Waals surface area contributed by atoms with Crippen LogP contribution in [-0.2, 0) is 5.54 Å². The maximum Gasteiger partial charge on any atom is 0.335 e. The Hall–Kier alpha value is -3.88. The highest BCUT2D eigenvalue weighted by Crippen LogP contribution is 2.46. The smallest absolute Gasteiger partial charge is 0.335 e. The number of carbonyl (C=O) groups excluding carboxylic acids is 1. The van der Waals surface area contributed by atoms with Crippen molar-refractivity contribution in [3.63, 3.8) is 0 Å². The summed E-state index contributed by atoms with van der Waals surface area (Å²) in [5.41, 5.74) is 2.07. The van der Waals surface area contributed by atoms with Gasteiger partial charge in [0, 0.05) is 12.3 Å². The highest BCUT2D eigenvalue weighted by atomic mass is 16.5. The van der Waals surface area contributed by atoms with Crippen molar-refractivity contribution >= 4 is 17.7 Å². The molecule has 1 saturated heterocycles. The zero-order valence-electron chi connectivity index (χ0n) is 18.4. The monoisotopic (exact) mass is 448 g/mol. The second-order valence-corrected chi connectivity index (χ2v) is 8.72. The predicted octanol–water partition coefficient (Wildman–Crippen LogP) is 3.07. The van der Waals surface area contributed by atoms with Crippen molar-refractivity contribution in [3.05, 3.63) is 70.6 Å². The van der Waals surface area contributed by atoms with E-state index in [2.05, 4.69) is 15.5 Å². The van der Waals surface area contributed by atoms with Crippen molar-refractivity contribution in [2.24, 2.45) is 0 Å². The third-order valence-electron chi connectivity index (χ3n) is 6.08. The second kappa shape index (κ2) is 7.91. The number of ether oxygens (including phenoxy) is 1. The molecule has 9 nitrogen and oxygen atoms in total. The number of nitrogens with zero attached hydrogens (tertiary/aromatic N) is 3. The number of benzene rings is 1. The summed E-state index contributed by atoms with van der Waals surface area (Å²) in [6, 6.07) is 10.3. The van der Waals surface area contributed by atoms with Gasteiger partial charge in [-0.25, -0.2) is 9.78 Å². The van der Waals surface area contributed by atoms with Gasteiger partial charge >= 0.3 is 5.97 Å². The molecular formula is C24H24N4O5. The molecule has 0 radical (unpaired) electrons. The Morgan fingerprint density at radius 1 is 1.18 bits per heavy atom. The van der Waals surface area contributed by atoms with E-state index in [0.717, 1.165) is 24.0 Å². The Balaban J connectivity index is 1.30. The lowest BCUT2D eigenvalue weighted by Crippen LogP contribution is -2.55. The Kier molecular flexibility index (Phi) is 5.03. The van der Waals surface area contributed by atoms with Gasteiger partial charge in [0.25, 0.3) is 11.8 Å². The van der Waals surface area contributed by atoms with Crippen LogP contribution >= 0.6 is 0 Å². The molecule has 0 atom stereocenters. The van der Waals surface area contributed by atoms with Crippen molar-refractivity contribution < 1.29 is 24.0 Å². The molecule has 2 aliphatic rings. The number of rotatable bonds is 7. The van der Waals surface area contributed by atoms with Gasteiger partial charge in [0.05, 0.1) is 29.8 Å². The van der Waals surface area contributed by atoms with Crippen LogP contribution in [0.25, 0.3) is 0 Å². The minimum atomic E-state index is -0.971. The molecule has 1 amide bonds.